The molecule has 0 spiro atoms. The summed E-state index contributed by atoms with van der Waals surface area (Å²) >= 11 is 0. The molecule has 2 rings (SSSR count). The Labute approximate surface area is 160 Å². The Morgan fingerprint density at radius 1 is 0.923 bits per heavy atom. The smallest absolute Gasteiger partial charge is 0.154 e. The van der Waals surface area contributed by atoms with E-state index in [0.29, 0.717) is 11.8 Å². The van der Waals surface area contributed by atoms with Crippen molar-refractivity contribution in [2.45, 2.75) is 52.8 Å². The highest BCUT2D eigenvalue weighted by molar-refractivity contribution is 7.03. The van der Waals surface area contributed by atoms with Gasteiger partial charge in [-0.2, -0.15) is 0 Å². The molecule has 0 aliphatic heterocycles. The molecule has 1 atom stereocenters. The van der Waals surface area contributed by atoms with Crippen molar-refractivity contribution in [3.63, 3.8) is 0 Å². The van der Waals surface area contributed by atoms with E-state index in [1.165, 1.54) is 10.4 Å². The van der Waals surface area contributed by atoms with Gasteiger partial charge in [-0.3, -0.25) is 0 Å². The molecule has 0 fully saturated rings. The predicted octanol–water partition coefficient (Wildman–Crippen LogP) is 4.80. The molecule has 2 aromatic rings. The van der Waals surface area contributed by atoms with Crippen LogP contribution in [0.4, 0.5) is 0 Å². The van der Waals surface area contributed by atoms with Gasteiger partial charge in [0.25, 0.3) is 0 Å². The van der Waals surface area contributed by atoms with E-state index in [4.69, 9.17) is 0 Å². The molecule has 0 amide bonds. The number of benzene rings is 2. The largest absolute Gasteiger partial charge is 0.388 e. The van der Waals surface area contributed by atoms with Crippen LogP contribution in [-0.2, 0) is 0 Å². The maximum Gasteiger partial charge on any atom is 0.154 e. The number of hydrogen-bond acceptors (Lipinski definition) is 1. The van der Waals surface area contributed by atoms with Gasteiger partial charge in [-0.15, -0.1) is 0 Å². The van der Waals surface area contributed by atoms with Crippen LogP contribution in [0.1, 0.15) is 41.0 Å². The summed E-state index contributed by atoms with van der Waals surface area (Å²) in [5.41, 5.74) is 1.11. The first-order valence-electron chi connectivity index (χ1n) is 9.74. The van der Waals surface area contributed by atoms with Crippen molar-refractivity contribution in [1.82, 2.24) is 0 Å². The lowest BCUT2D eigenvalue weighted by Gasteiger charge is -2.46. The molecule has 0 heterocycles. The highest BCUT2D eigenvalue weighted by atomic mass is 28.3. The molecule has 0 saturated heterocycles. The fourth-order valence-corrected chi connectivity index (χ4v) is 8.87. The zero-order valence-corrected chi connectivity index (χ0v) is 18.2. The van der Waals surface area contributed by atoms with Crippen LogP contribution in [0.25, 0.3) is 0 Å². The first-order chi connectivity index (χ1) is 12.2. The average molecular weight is 367 g/mol. The Hall–Kier alpha value is -1.64. The van der Waals surface area contributed by atoms with Crippen molar-refractivity contribution in [3.8, 4) is 0 Å². The first-order valence-corrected chi connectivity index (χ1v) is 12.2. The summed E-state index contributed by atoms with van der Waals surface area (Å²) in [4.78, 5) is 0. The van der Waals surface area contributed by atoms with Crippen LogP contribution in [0.2, 0.25) is 6.55 Å². The Morgan fingerprint density at radius 3 is 1.69 bits per heavy atom. The molecular formula is C24H34OSi. The van der Waals surface area contributed by atoms with E-state index < -0.39 is 13.3 Å². The second-order valence-electron chi connectivity index (χ2n) is 8.41. The zero-order valence-electron chi connectivity index (χ0n) is 17.2. The van der Waals surface area contributed by atoms with Gasteiger partial charge < -0.3 is 5.11 Å². The standard InChI is InChI=1S/C24H34OSi/c1-19(2)17-21(5)24(25,18-20(3)4)26(6,22-13-9-7-10-14-22)23-15-11-8-12-16-23/h7-17,19-20,25H,18H2,1-6H3/b21-17+. The second kappa shape index (κ2) is 8.37. The monoisotopic (exact) mass is 366 g/mol. The molecule has 2 aromatic carbocycles. The summed E-state index contributed by atoms with van der Waals surface area (Å²) in [5.74, 6) is 0.827. The van der Waals surface area contributed by atoms with Crippen LogP contribution in [-0.4, -0.2) is 18.4 Å². The number of allylic oxidation sites excluding steroid dienone is 1. The van der Waals surface area contributed by atoms with Gasteiger partial charge in [0.2, 0.25) is 0 Å². The maximum absolute atomic E-state index is 12.3. The molecule has 0 aromatic heterocycles. The fourth-order valence-electron chi connectivity index (χ4n) is 4.18. The molecule has 0 bridgehead atoms. The summed E-state index contributed by atoms with van der Waals surface area (Å²) in [6, 6.07) is 21.3. The quantitative estimate of drug-likeness (QED) is 0.551. The van der Waals surface area contributed by atoms with Gasteiger partial charge in [0.05, 0.1) is 5.22 Å². The van der Waals surface area contributed by atoms with E-state index in [-0.39, 0.29) is 0 Å². The molecule has 1 nitrogen and oxygen atoms in total. The van der Waals surface area contributed by atoms with Gasteiger partial charge >= 0.3 is 0 Å². The van der Waals surface area contributed by atoms with Crippen LogP contribution >= 0.6 is 0 Å². The Balaban J connectivity index is 2.79. The van der Waals surface area contributed by atoms with Gasteiger partial charge in [-0.25, -0.2) is 0 Å². The van der Waals surface area contributed by atoms with Gasteiger partial charge in [-0.1, -0.05) is 111 Å². The third-order valence-corrected chi connectivity index (χ3v) is 10.7. The topological polar surface area (TPSA) is 20.2 Å². The van der Waals surface area contributed by atoms with E-state index in [9.17, 15) is 5.11 Å². The van der Waals surface area contributed by atoms with Crippen LogP contribution in [0.5, 0.6) is 0 Å². The van der Waals surface area contributed by atoms with Gasteiger partial charge in [0.15, 0.2) is 8.07 Å². The van der Waals surface area contributed by atoms with E-state index >= 15 is 0 Å². The van der Waals surface area contributed by atoms with Crippen LogP contribution in [0.3, 0.4) is 0 Å². The predicted molar refractivity (Wildman–Crippen MR) is 117 cm³/mol. The third kappa shape index (κ3) is 4.02. The summed E-state index contributed by atoms with van der Waals surface area (Å²) in [6.07, 6.45) is 3.02. The molecule has 0 saturated carbocycles. The Morgan fingerprint density at radius 2 is 1.35 bits per heavy atom. The van der Waals surface area contributed by atoms with E-state index in [1.54, 1.807) is 0 Å². The molecular weight excluding hydrogens is 332 g/mol. The van der Waals surface area contributed by atoms with E-state index in [1.807, 2.05) is 0 Å². The molecule has 1 unspecified atom stereocenters. The molecule has 140 valence electrons. The Bertz CT molecular complexity index is 679. The summed E-state index contributed by atoms with van der Waals surface area (Å²) in [7, 11) is -2.46. The molecule has 0 aliphatic carbocycles. The minimum atomic E-state index is -2.46. The van der Waals surface area contributed by atoms with Crippen molar-refractivity contribution in [2.75, 3.05) is 0 Å². The maximum atomic E-state index is 12.3. The molecule has 1 N–H and O–H groups in total. The fraction of sp³-hybridized carbons (Fsp3) is 0.417. The van der Waals surface area contributed by atoms with Crippen molar-refractivity contribution in [1.29, 1.82) is 0 Å². The summed E-state index contributed by atoms with van der Waals surface area (Å²) in [5, 5.41) is 14.1. The Kier molecular flexibility index (Phi) is 6.65. The normalized spacial score (nSPS) is 15.3. The molecule has 2 heteroatoms. The highest BCUT2D eigenvalue weighted by Crippen LogP contribution is 2.35. The van der Waals surface area contributed by atoms with Crippen LogP contribution in [0.15, 0.2) is 72.3 Å². The van der Waals surface area contributed by atoms with Gasteiger partial charge in [0.1, 0.15) is 0 Å². The highest BCUT2D eigenvalue weighted by Gasteiger charge is 2.52. The summed E-state index contributed by atoms with van der Waals surface area (Å²) in [6.45, 7) is 13.2. The molecule has 0 radical (unpaired) electrons. The number of hydrogen-bond donors (Lipinski definition) is 1. The lowest BCUT2D eigenvalue weighted by molar-refractivity contribution is 0.129. The molecule has 26 heavy (non-hydrogen) atoms. The van der Waals surface area contributed by atoms with Crippen molar-refractivity contribution >= 4 is 18.4 Å². The van der Waals surface area contributed by atoms with Crippen LogP contribution < -0.4 is 10.4 Å². The lowest BCUT2D eigenvalue weighted by Crippen LogP contribution is -2.72. The number of rotatable bonds is 7. The van der Waals surface area contributed by atoms with Crippen molar-refractivity contribution in [3.05, 3.63) is 72.3 Å². The van der Waals surface area contributed by atoms with Crippen molar-refractivity contribution in [2.24, 2.45) is 11.8 Å². The first kappa shape index (κ1) is 20.7. The second-order valence-corrected chi connectivity index (χ2v) is 12.6. The average Bonchev–Trinajstić information content (AvgIpc) is 2.61. The van der Waals surface area contributed by atoms with E-state index in [2.05, 4.69) is 108 Å². The summed E-state index contributed by atoms with van der Waals surface area (Å²) < 4.78 is 0. The minimum absolute atomic E-state index is 0.412. The lowest BCUT2D eigenvalue weighted by atomic mass is 9.97. The zero-order chi connectivity index (χ0) is 19.4. The van der Waals surface area contributed by atoms with Gasteiger partial charge in [0, 0.05) is 0 Å². The number of aliphatic hydroxyl groups is 1. The van der Waals surface area contributed by atoms with Crippen molar-refractivity contribution < 1.29 is 5.11 Å². The van der Waals surface area contributed by atoms with E-state index in [0.717, 1.165) is 12.0 Å². The molecule has 0 aliphatic rings. The minimum Gasteiger partial charge on any atom is -0.388 e. The van der Waals surface area contributed by atoms with Gasteiger partial charge in [-0.05, 0) is 30.8 Å². The third-order valence-electron chi connectivity index (χ3n) is 5.47. The van der Waals surface area contributed by atoms with Crippen LogP contribution in [0, 0.1) is 11.8 Å². The SMILES string of the molecule is C/C(=C\C(C)C)C(O)(CC(C)C)[Si](C)(c1ccccc1)c1ccccc1.